The highest BCUT2D eigenvalue weighted by Crippen LogP contribution is 2.29. The van der Waals surface area contributed by atoms with Crippen molar-refractivity contribution in [3.63, 3.8) is 0 Å². The number of nitrogens with zero attached hydrogens (tertiary/aromatic N) is 2. The minimum Gasteiger partial charge on any atom is -0.300 e. The van der Waals surface area contributed by atoms with E-state index in [2.05, 4.69) is 10.3 Å². The maximum absolute atomic E-state index is 12.4. The Kier molecular flexibility index (Phi) is 5.10. The lowest BCUT2D eigenvalue weighted by Crippen LogP contribution is -2.37. The molecule has 9 heteroatoms. The predicted octanol–water partition coefficient (Wildman–Crippen LogP) is 2.38. The molecule has 0 atom stereocenters. The number of ketones is 1. The first-order chi connectivity index (χ1) is 12.3. The van der Waals surface area contributed by atoms with Gasteiger partial charge in [0.1, 0.15) is 6.54 Å². The molecule has 7 nitrogen and oxygen atoms in total. The number of carbonyl (C=O) groups is 2. The molecular weight excluding hydrogens is 374 g/mol. The summed E-state index contributed by atoms with van der Waals surface area (Å²) >= 11 is 1.14. The molecule has 1 amide bonds. The summed E-state index contributed by atoms with van der Waals surface area (Å²) in [6, 6.07) is 6.96. The molecule has 1 aliphatic rings. The second kappa shape index (κ2) is 7.16. The van der Waals surface area contributed by atoms with E-state index in [1.54, 1.807) is 31.2 Å². The van der Waals surface area contributed by atoms with Crippen molar-refractivity contribution in [3.05, 3.63) is 40.4 Å². The molecule has 1 N–H and O–H groups in total. The van der Waals surface area contributed by atoms with Gasteiger partial charge in [-0.2, -0.15) is 0 Å². The normalized spacial score (nSPS) is 14.0. The number of rotatable bonds is 5. The second-order valence-corrected chi connectivity index (χ2v) is 9.08. The van der Waals surface area contributed by atoms with E-state index in [9.17, 15) is 18.0 Å². The zero-order valence-electron chi connectivity index (χ0n) is 14.5. The van der Waals surface area contributed by atoms with E-state index < -0.39 is 15.9 Å². The van der Waals surface area contributed by atoms with Gasteiger partial charge in [-0.1, -0.05) is 29.5 Å². The number of anilines is 2. The third-order valence-electron chi connectivity index (χ3n) is 4.09. The fourth-order valence-corrected chi connectivity index (χ4v) is 4.75. The van der Waals surface area contributed by atoms with E-state index in [-0.39, 0.29) is 12.3 Å². The molecule has 26 heavy (non-hydrogen) atoms. The van der Waals surface area contributed by atoms with Gasteiger partial charge in [-0.25, -0.2) is 13.4 Å². The molecule has 0 saturated heterocycles. The molecule has 0 saturated carbocycles. The van der Waals surface area contributed by atoms with Crippen LogP contribution in [0, 0.1) is 6.92 Å². The highest BCUT2D eigenvalue weighted by Gasteiger charge is 2.25. The van der Waals surface area contributed by atoms with Crippen LogP contribution >= 0.6 is 11.3 Å². The molecule has 1 aromatic carbocycles. The van der Waals surface area contributed by atoms with Gasteiger partial charge in [0.2, 0.25) is 15.9 Å². The SMILES string of the molecule is Cc1ccccc1N(CC(=O)Nc1nc2c(s1)C(=O)CCC2)S(C)(=O)=O. The highest BCUT2D eigenvalue weighted by molar-refractivity contribution is 7.92. The van der Waals surface area contributed by atoms with Crippen LogP contribution in [-0.2, 0) is 21.2 Å². The molecule has 1 heterocycles. The number of sulfonamides is 1. The van der Waals surface area contributed by atoms with Gasteiger partial charge in [0.05, 0.1) is 22.5 Å². The van der Waals surface area contributed by atoms with Crippen molar-refractivity contribution in [1.29, 1.82) is 0 Å². The van der Waals surface area contributed by atoms with Crippen LogP contribution in [0.5, 0.6) is 0 Å². The number of thiazole rings is 1. The lowest BCUT2D eigenvalue weighted by atomic mass is 10.0. The molecule has 0 unspecified atom stereocenters. The van der Waals surface area contributed by atoms with Crippen molar-refractivity contribution in [2.75, 3.05) is 22.4 Å². The molecular formula is C17H19N3O4S2. The van der Waals surface area contributed by atoms with Gasteiger partial charge in [-0.15, -0.1) is 0 Å². The third kappa shape index (κ3) is 3.94. The number of Topliss-reactive ketones (excluding diaryl/α,β-unsaturated/α-hetero) is 1. The van der Waals surface area contributed by atoms with Gasteiger partial charge in [0.25, 0.3) is 0 Å². The van der Waals surface area contributed by atoms with Crippen molar-refractivity contribution >= 4 is 43.9 Å². The van der Waals surface area contributed by atoms with Crippen LogP contribution in [0.15, 0.2) is 24.3 Å². The topological polar surface area (TPSA) is 96.4 Å². The fraction of sp³-hybridized carbons (Fsp3) is 0.353. The summed E-state index contributed by atoms with van der Waals surface area (Å²) in [5.74, 6) is -0.459. The summed E-state index contributed by atoms with van der Waals surface area (Å²) in [7, 11) is -3.64. The molecule has 0 aliphatic heterocycles. The smallest absolute Gasteiger partial charge is 0.246 e. The van der Waals surface area contributed by atoms with Gasteiger partial charge in [-0.3, -0.25) is 13.9 Å². The van der Waals surface area contributed by atoms with Crippen LogP contribution in [-0.4, -0.2) is 37.9 Å². The number of hydrogen-bond acceptors (Lipinski definition) is 6. The van der Waals surface area contributed by atoms with Crippen LogP contribution in [0.2, 0.25) is 0 Å². The highest BCUT2D eigenvalue weighted by atomic mass is 32.2. The van der Waals surface area contributed by atoms with Gasteiger partial charge in [-0.05, 0) is 31.4 Å². The van der Waals surface area contributed by atoms with E-state index in [1.807, 2.05) is 0 Å². The molecule has 1 aromatic heterocycles. The molecule has 0 bridgehead atoms. The summed E-state index contributed by atoms with van der Waals surface area (Å²) in [6.45, 7) is 1.42. The average molecular weight is 393 g/mol. The lowest BCUT2D eigenvalue weighted by Gasteiger charge is -2.23. The number of benzene rings is 1. The maximum atomic E-state index is 12.4. The van der Waals surface area contributed by atoms with Crippen molar-refractivity contribution in [2.24, 2.45) is 0 Å². The molecule has 2 aromatic rings. The minimum absolute atomic E-state index is 0.0434. The summed E-state index contributed by atoms with van der Waals surface area (Å²) in [5, 5.41) is 2.95. The Morgan fingerprint density at radius 1 is 1.31 bits per heavy atom. The van der Waals surface area contributed by atoms with Gasteiger partial charge >= 0.3 is 0 Å². The Morgan fingerprint density at radius 2 is 2.04 bits per heavy atom. The summed E-state index contributed by atoms with van der Waals surface area (Å²) in [6.07, 6.45) is 3.04. The van der Waals surface area contributed by atoms with Crippen LogP contribution in [0.4, 0.5) is 10.8 Å². The first-order valence-electron chi connectivity index (χ1n) is 8.12. The van der Waals surface area contributed by atoms with E-state index >= 15 is 0 Å². The lowest BCUT2D eigenvalue weighted by molar-refractivity contribution is -0.114. The van der Waals surface area contributed by atoms with Gasteiger partial charge < -0.3 is 5.32 Å². The van der Waals surface area contributed by atoms with Crippen molar-refractivity contribution in [1.82, 2.24) is 4.98 Å². The molecule has 138 valence electrons. The van der Waals surface area contributed by atoms with Crippen molar-refractivity contribution < 1.29 is 18.0 Å². The quantitative estimate of drug-likeness (QED) is 0.841. The summed E-state index contributed by atoms with van der Waals surface area (Å²) in [4.78, 5) is 29.2. The number of aryl methyl sites for hydroxylation is 2. The Bertz CT molecular complexity index is 966. The number of amides is 1. The van der Waals surface area contributed by atoms with Gasteiger partial charge in [0.15, 0.2) is 10.9 Å². The average Bonchev–Trinajstić information content (AvgIpc) is 2.96. The number of para-hydroxylation sites is 1. The zero-order valence-corrected chi connectivity index (χ0v) is 16.1. The fourth-order valence-electron chi connectivity index (χ4n) is 2.84. The molecule has 0 spiro atoms. The van der Waals surface area contributed by atoms with Crippen molar-refractivity contribution in [2.45, 2.75) is 26.2 Å². The van der Waals surface area contributed by atoms with E-state index in [1.165, 1.54) is 0 Å². The largest absolute Gasteiger partial charge is 0.300 e. The van der Waals surface area contributed by atoms with E-state index in [0.717, 1.165) is 33.9 Å². The Morgan fingerprint density at radius 3 is 2.69 bits per heavy atom. The number of fused-ring (bicyclic) bond motifs is 1. The first-order valence-corrected chi connectivity index (χ1v) is 10.8. The monoisotopic (exact) mass is 393 g/mol. The third-order valence-corrected chi connectivity index (χ3v) is 6.27. The van der Waals surface area contributed by atoms with E-state index in [4.69, 9.17) is 0 Å². The number of hydrogen-bond donors (Lipinski definition) is 1. The zero-order chi connectivity index (χ0) is 18.9. The maximum Gasteiger partial charge on any atom is 0.246 e. The van der Waals surface area contributed by atoms with E-state index in [0.29, 0.717) is 34.2 Å². The Labute approximate surface area is 156 Å². The molecule has 0 fully saturated rings. The molecule has 1 aliphatic carbocycles. The van der Waals surface area contributed by atoms with Gasteiger partial charge in [0, 0.05) is 6.42 Å². The number of nitrogens with one attached hydrogen (secondary N) is 1. The first kappa shape index (κ1) is 18.5. The van der Waals surface area contributed by atoms with Crippen LogP contribution in [0.1, 0.15) is 33.8 Å². The van der Waals surface area contributed by atoms with Crippen LogP contribution < -0.4 is 9.62 Å². The minimum atomic E-state index is -3.64. The number of carbonyl (C=O) groups excluding carboxylic acids is 2. The molecule has 0 radical (unpaired) electrons. The van der Waals surface area contributed by atoms with Crippen LogP contribution in [0.3, 0.4) is 0 Å². The summed E-state index contributed by atoms with van der Waals surface area (Å²) in [5.41, 5.74) is 1.92. The Balaban J connectivity index is 1.79. The number of aromatic nitrogens is 1. The standard InChI is InChI=1S/C17H19N3O4S2/c1-11-6-3-4-8-13(11)20(26(2,23)24)10-15(22)19-17-18-12-7-5-9-14(21)16(12)25-17/h3-4,6,8H,5,7,9-10H2,1-2H3,(H,18,19,22). The second-order valence-electron chi connectivity index (χ2n) is 6.18. The Hall–Kier alpha value is -2.26. The van der Waals surface area contributed by atoms with Crippen LogP contribution in [0.25, 0.3) is 0 Å². The molecule has 3 rings (SSSR count). The summed E-state index contributed by atoms with van der Waals surface area (Å²) < 4.78 is 25.4. The predicted molar refractivity (Wildman–Crippen MR) is 101 cm³/mol. The van der Waals surface area contributed by atoms with Crippen molar-refractivity contribution in [3.8, 4) is 0 Å².